The van der Waals surface area contributed by atoms with Gasteiger partial charge in [-0.25, -0.2) is 0 Å². The molecule has 30 heavy (non-hydrogen) atoms. The first-order valence-corrected chi connectivity index (χ1v) is 20.5. The van der Waals surface area contributed by atoms with E-state index in [1.54, 1.807) is 22.3 Å². The number of fused-ring (bicyclic) bond motifs is 2. The molecule has 0 fully saturated rings. The first-order valence-electron chi connectivity index (χ1n) is 11.2. The van der Waals surface area contributed by atoms with Gasteiger partial charge in [0.15, 0.2) is 0 Å². The molecule has 0 saturated carbocycles. The molecule has 159 valence electrons. The molecule has 0 N–H and O–H groups in total. The molecule has 2 aliphatic carbocycles. The van der Waals surface area contributed by atoms with Crippen molar-refractivity contribution in [2.75, 3.05) is 0 Å². The van der Waals surface area contributed by atoms with E-state index in [2.05, 4.69) is 88.4 Å². The third-order valence-electron chi connectivity index (χ3n) is 6.98. The molecule has 0 aromatic heterocycles. The number of halogens is 2. The Balaban J connectivity index is 0.00000160. The van der Waals surface area contributed by atoms with Crippen molar-refractivity contribution >= 4 is 18.1 Å². The van der Waals surface area contributed by atoms with Crippen LogP contribution in [0.4, 0.5) is 0 Å². The summed E-state index contributed by atoms with van der Waals surface area (Å²) in [4.78, 5) is 0. The fourth-order valence-corrected chi connectivity index (χ4v) is 34.0. The second-order valence-electron chi connectivity index (χ2n) is 8.28. The zero-order chi connectivity index (χ0) is 19.7. The third-order valence-corrected chi connectivity index (χ3v) is 33.4. The number of hydrogen-bond donors (Lipinski definition) is 0. The maximum absolute atomic E-state index is 2.56. The van der Waals surface area contributed by atoms with Gasteiger partial charge in [0.1, 0.15) is 0 Å². The van der Waals surface area contributed by atoms with E-state index < -0.39 is 26.8 Å². The van der Waals surface area contributed by atoms with E-state index in [9.17, 15) is 0 Å². The van der Waals surface area contributed by atoms with Crippen molar-refractivity contribution in [3.8, 4) is 0 Å². The molecule has 0 amide bonds. The smallest absolute Gasteiger partial charge is 1.00 e. The normalized spacial score (nSPS) is 18.7. The van der Waals surface area contributed by atoms with Crippen molar-refractivity contribution in [2.24, 2.45) is 0 Å². The molecular formula is C26H33I2SiZr. The molecule has 0 aliphatic heterocycles. The molecule has 0 bridgehead atoms. The summed E-state index contributed by atoms with van der Waals surface area (Å²) in [6.45, 7) is 9.79. The molecule has 2 aromatic carbocycles. The molecule has 2 unspecified atom stereocenters. The Kier molecular flexibility index (Phi) is 10.8. The van der Waals surface area contributed by atoms with Gasteiger partial charge in [-0.1, -0.05) is 0 Å². The van der Waals surface area contributed by atoms with Crippen molar-refractivity contribution in [1.82, 2.24) is 0 Å². The fraction of sp³-hybridized carbons (Fsp3) is 0.385. The Hall–Kier alpha value is 0.480. The summed E-state index contributed by atoms with van der Waals surface area (Å²) in [5.74, 6) is -0.721. The van der Waals surface area contributed by atoms with Gasteiger partial charge in [0.25, 0.3) is 0 Å². The summed E-state index contributed by atoms with van der Waals surface area (Å²) in [5, 5.41) is 0. The predicted octanol–water partition coefficient (Wildman–Crippen LogP) is 1.47. The summed E-state index contributed by atoms with van der Waals surface area (Å²) in [5.41, 5.74) is 9.94. The number of rotatable bonds is 7. The van der Waals surface area contributed by atoms with Crippen LogP contribution in [0.15, 0.2) is 59.7 Å². The van der Waals surface area contributed by atoms with Crippen LogP contribution in [0.25, 0.3) is 12.2 Å². The molecule has 0 radical (unpaired) electrons. The molecule has 0 saturated heterocycles. The van der Waals surface area contributed by atoms with Crippen LogP contribution in [0.1, 0.15) is 70.0 Å². The average Bonchev–Trinajstić information content (AvgIpc) is 3.30. The maximum Gasteiger partial charge on any atom is -1.00 e. The van der Waals surface area contributed by atoms with Crippen LogP contribution in [0.2, 0.25) is 12.1 Å². The van der Waals surface area contributed by atoms with Gasteiger partial charge in [0.05, 0.1) is 0 Å². The van der Waals surface area contributed by atoms with E-state index in [4.69, 9.17) is 0 Å². The summed E-state index contributed by atoms with van der Waals surface area (Å²) < 4.78 is 1.62. The summed E-state index contributed by atoms with van der Waals surface area (Å²) >= 11 is -1.85. The van der Waals surface area contributed by atoms with E-state index in [1.165, 1.54) is 36.1 Å². The molecule has 2 aliphatic rings. The molecule has 0 spiro atoms. The molecule has 4 heteroatoms. The van der Waals surface area contributed by atoms with Gasteiger partial charge in [0, 0.05) is 0 Å². The molecule has 0 nitrogen and oxygen atoms in total. The summed E-state index contributed by atoms with van der Waals surface area (Å²) in [6, 6.07) is 21.6. The largest absolute Gasteiger partial charge is 1.00 e. The van der Waals surface area contributed by atoms with Crippen molar-refractivity contribution in [3.05, 3.63) is 81.9 Å². The second-order valence-corrected chi connectivity index (χ2v) is 26.6. The standard InChI is InChI=1S/2C11H11.C4H11Si.2HI.Zr/c2*1-2-9-7-10-5-3-4-6-11(10)8-9;1-3-5-4-2;;;/h2*3-8H,2H2,1H3;5H,3-4H2,1-2H3;2*1H;/q;;;;;+2/p-2. The first-order chi connectivity index (χ1) is 13.7. The molecule has 2 aromatic rings. The van der Waals surface area contributed by atoms with Gasteiger partial charge < -0.3 is 48.0 Å². The van der Waals surface area contributed by atoms with Crippen molar-refractivity contribution in [3.63, 3.8) is 0 Å². The van der Waals surface area contributed by atoms with Gasteiger partial charge in [-0.3, -0.25) is 0 Å². The molecule has 0 heterocycles. The zero-order valence-corrected chi connectivity index (χ0v) is 26.5. The van der Waals surface area contributed by atoms with E-state index in [-0.39, 0.29) is 48.0 Å². The number of allylic oxidation sites excluding steroid dienone is 2. The van der Waals surface area contributed by atoms with Gasteiger partial charge in [-0.15, -0.1) is 0 Å². The van der Waals surface area contributed by atoms with Crippen LogP contribution in [-0.2, 0) is 20.9 Å². The Morgan fingerprint density at radius 3 is 1.43 bits per heavy atom. The molecular weight excluding hydrogens is 685 g/mol. The SMILES string of the molecule is CCC1=Cc2ccccc2[CH]1[Zr+2]([CH]1C(CC)=Cc2ccccc21)[SiH](CC)CC.[I-].[I-]. The summed E-state index contributed by atoms with van der Waals surface area (Å²) in [7, 11) is 0. The minimum atomic E-state index is -1.85. The van der Waals surface area contributed by atoms with Crippen molar-refractivity contribution in [1.29, 1.82) is 0 Å². The van der Waals surface area contributed by atoms with E-state index in [1.807, 2.05) is 0 Å². The van der Waals surface area contributed by atoms with Crippen LogP contribution in [0.3, 0.4) is 0 Å². The van der Waals surface area contributed by atoms with Gasteiger partial charge in [-0.2, -0.15) is 0 Å². The minimum absolute atomic E-state index is 0. The fourth-order valence-electron chi connectivity index (χ4n) is 5.57. The average molecular weight is 719 g/mol. The first kappa shape index (κ1) is 26.7. The Morgan fingerprint density at radius 1 is 0.667 bits per heavy atom. The van der Waals surface area contributed by atoms with Crippen LogP contribution in [-0.4, -0.2) is 5.92 Å². The van der Waals surface area contributed by atoms with Crippen molar-refractivity contribution in [2.45, 2.75) is 59.9 Å². The van der Waals surface area contributed by atoms with Gasteiger partial charge >= 0.3 is 181 Å². The Morgan fingerprint density at radius 2 is 1.07 bits per heavy atom. The minimum Gasteiger partial charge on any atom is -1.00 e. The number of hydrogen-bond acceptors (Lipinski definition) is 0. The topological polar surface area (TPSA) is 0 Å². The number of benzene rings is 2. The zero-order valence-electron chi connectivity index (χ0n) is 18.6. The van der Waals surface area contributed by atoms with Gasteiger partial charge in [0.2, 0.25) is 0 Å². The second kappa shape index (κ2) is 12.1. The monoisotopic (exact) mass is 717 g/mol. The van der Waals surface area contributed by atoms with E-state index >= 15 is 0 Å². The van der Waals surface area contributed by atoms with Crippen LogP contribution in [0, 0.1) is 0 Å². The Labute approximate surface area is 226 Å². The summed E-state index contributed by atoms with van der Waals surface area (Å²) in [6.07, 6.45) is 7.57. The van der Waals surface area contributed by atoms with Crippen molar-refractivity contribution < 1.29 is 68.9 Å². The van der Waals surface area contributed by atoms with Crippen LogP contribution < -0.4 is 48.0 Å². The third kappa shape index (κ3) is 4.87. The van der Waals surface area contributed by atoms with E-state index in [0.717, 1.165) is 7.25 Å². The Bertz CT molecular complexity index is 847. The maximum atomic E-state index is 2.56. The van der Waals surface area contributed by atoms with Crippen LogP contribution in [0.5, 0.6) is 0 Å². The van der Waals surface area contributed by atoms with Crippen LogP contribution >= 0.6 is 0 Å². The predicted molar refractivity (Wildman–Crippen MR) is 123 cm³/mol. The van der Waals surface area contributed by atoms with Gasteiger partial charge in [-0.05, 0) is 0 Å². The quantitative estimate of drug-likeness (QED) is 0.301. The van der Waals surface area contributed by atoms with E-state index in [0.29, 0.717) is 0 Å². The molecule has 2 atom stereocenters. The molecule has 4 rings (SSSR count).